The van der Waals surface area contributed by atoms with Crippen molar-refractivity contribution < 1.29 is 14.2 Å². The zero-order valence-corrected chi connectivity index (χ0v) is 14.5. The summed E-state index contributed by atoms with van der Waals surface area (Å²) in [6, 6.07) is 9.85. The number of hydrogen-bond acceptors (Lipinski definition) is 4. The number of rotatable bonds is 4. The quantitative estimate of drug-likeness (QED) is 0.795. The van der Waals surface area contributed by atoms with Crippen molar-refractivity contribution in [3.05, 3.63) is 44.8 Å². The van der Waals surface area contributed by atoms with E-state index in [9.17, 15) is 0 Å². The van der Waals surface area contributed by atoms with Crippen molar-refractivity contribution in [1.29, 1.82) is 0 Å². The number of ether oxygens (including phenoxy) is 3. The van der Waals surface area contributed by atoms with Gasteiger partial charge in [0.05, 0.1) is 17.3 Å². The van der Waals surface area contributed by atoms with E-state index in [2.05, 4.69) is 37.2 Å². The van der Waals surface area contributed by atoms with Crippen molar-refractivity contribution in [1.82, 2.24) is 0 Å². The Morgan fingerprint density at radius 1 is 1.19 bits per heavy atom. The van der Waals surface area contributed by atoms with E-state index in [-0.39, 0.29) is 6.79 Å². The third kappa shape index (κ3) is 3.11. The summed E-state index contributed by atoms with van der Waals surface area (Å²) in [5.41, 5.74) is 2.02. The summed E-state index contributed by atoms with van der Waals surface area (Å²) in [7, 11) is 1.66. The van der Waals surface area contributed by atoms with Crippen LogP contribution in [0.2, 0.25) is 0 Å². The molecule has 0 spiro atoms. The fourth-order valence-corrected chi connectivity index (χ4v) is 3.10. The highest BCUT2D eigenvalue weighted by atomic mass is 79.9. The molecule has 1 heterocycles. The average Bonchev–Trinajstić information content (AvgIpc) is 2.94. The number of anilines is 1. The molecule has 2 aromatic carbocycles. The third-order valence-corrected chi connectivity index (χ3v) is 4.21. The van der Waals surface area contributed by atoms with Crippen LogP contribution >= 0.6 is 31.9 Å². The summed E-state index contributed by atoms with van der Waals surface area (Å²) in [5, 5.41) is 3.37. The van der Waals surface area contributed by atoms with Crippen LogP contribution in [0.3, 0.4) is 0 Å². The van der Waals surface area contributed by atoms with Gasteiger partial charge in [0, 0.05) is 11.0 Å². The molecular formula is C15H13Br2NO3. The monoisotopic (exact) mass is 413 g/mol. The summed E-state index contributed by atoms with van der Waals surface area (Å²) in [6.45, 7) is 0.923. The van der Waals surface area contributed by atoms with Gasteiger partial charge in [-0.05, 0) is 51.8 Å². The molecule has 0 aliphatic carbocycles. The van der Waals surface area contributed by atoms with Gasteiger partial charge in [-0.25, -0.2) is 0 Å². The lowest BCUT2D eigenvalue weighted by molar-refractivity contribution is 0.173. The van der Waals surface area contributed by atoms with Crippen molar-refractivity contribution in [2.45, 2.75) is 6.54 Å². The molecular weight excluding hydrogens is 402 g/mol. The lowest BCUT2D eigenvalue weighted by Crippen LogP contribution is -2.01. The average molecular weight is 415 g/mol. The molecule has 21 heavy (non-hydrogen) atoms. The van der Waals surface area contributed by atoms with E-state index in [4.69, 9.17) is 14.2 Å². The molecule has 4 nitrogen and oxygen atoms in total. The largest absolute Gasteiger partial charge is 0.495 e. The molecule has 0 unspecified atom stereocenters. The first kappa shape index (κ1) is 14.5. The minimum atomic E-state index is 0.268. The van der Waals surface area contributed by atoms with Crippen molar-refractivity contribution >= 4 is 37.5 Å². The van der Waals surface area contributed by atoms with Gasteiger partial charge in [0.1, 0.15) is 5.75 Å². The maximum Gasteiger partial charge on any atom is 0.231 e. The molecule has 0 bridgehead atoms. The third-order valence-electron chi connectivity index (χ3n) is 3.13. The maximum atomic E-state index is 5.42. The van der Waals surface area contributed by atoms with Gasteiger partial charge >= 0.3 is 0 Å². The fourth-order valence-electron chi connectivity index (χ4n) is 2.14. The lowest BCUT2D eigenvalue weighted by Gasteiger charge is -2.12. The molecule has 1 aliphatic rings. The summed E-state index contributed by atoms with van der Waals surface area (Å²) in [6.07, 6.45) is 0. The van der Waals surface area contributed by atoms with Gasteiger partial charge in [-0.3, -0.25) is 0 Å². The highest BCUT2D eigenvalue weighted by Gasteiger charge is 2.18. The van der Waals surface area contributed by atoms with Crippen LogP contribution in [0, 0.1) is 0 Å². The second kappa shape index (κ2) is 6.15. The Hall–Kier alpha value is -1.40. The van der Waals surface area contributed by atoms with Crippen LogP contribution < -0.4 is 19.5 Å². The molecule has 0 fully saturated rings. The standard InChI is InChI=1S/C15H13Br2NO3/c1-19-13-3-2-10(16)6-12(13)18-7-9-4-11(17)15-14(5-9)20-8-21-15/h2-6,18H,7-8H2,1H3. The van der Waals surface area contributed by atoms with Gasteiger partial charge in [-0.15, -0.1) is 0 Å². The predicted molar refractivity (Wildman–Crippen MR) is 88.3 cm³/mol. The highest BCUT2D eigenvalue weighted by molar-refractivity contribution is 9.10. The molecule has 1 aliphatic heterocycles. The first-order valence-electron chi connectivity index (χ1n) is 6.33. The normalized spacial score (nSPS) is 12.3. The zero-order chi connectivity index (χ0) is 14.8. The Morgan fingerprint density at radius 3 is 2.86 bits per heavy atom. The van der Waals surface area contributed by atoms with E-state index in [1.807, 2.05) is 30.3 Å². The number of hydrogen-bond donors (Lipinski definition) is 1. The van der Waals surface area contributed by atoms with Crippen LogP contribution in [0.5, 0.6) is 17.2 Å². The maximum absolute atomic E-state index is 5.42. The Morgan fingerprint density at radius 2 is 2.05 bits per heavy atom. The second-order valence-corrected chi connectivity index (χ2v) is 6.28. The molecule has 6 heteroatoms. The van der Waals surface area contributed by atoms with Crippen LogP contribution in [-0.2, 0) is 6.54 Å². The summed E-state index contributed by atoms with van der Waals surface area (Å²) < 4.78 is 18.1. The van der Waals surface area contributed by atoms with Crippen LogP contribution in [0.25, 0.3) is 0 Å². The minimum Gasteiger partial charge on any atom is -0.495 e. The van der Waals surface area contributed by atoms with Gasteiger partial charge in [-0.1, -0.05) is 15.9 Å². The van der Waals surface area contributed by atoms with Crippen LogP contribution in [-0.4, -0.2) is 13.9 Å². The second-order valence-electron chi connectivity index (χ2n) is 4.51. The number of halogens is 2. The Labute approximate surface area is 139 Å². The topological polar surface area (TPSA) is 39.7 Å². The van der Waals surface area contributed by atoms with E-state index in [1.165, 1.54) is 0 Å². The smallest absolute Gasteiger partial charge is 0.231 e. The molecule has 0 atom stereocenters. The summed E-state index contributed by atoms with van der Waals surface area (Å²) in [4.78, 5) is 0. The molecule has 0 radical (unpaired) electrons. The molecule has 0 aromatic heterocycles. The number of methoxy groups -OCH3 is 1. The van der Waals surface area contributed by atoms with E-state index >= 15 is 0 Å². The molecule has 0 amide bonds. The number of nitrogens with one attached hydrogen (secondary N) is 1. The van der Waals surface area contributed by atoms with E-state index in [0.717, 1.165) is 37.4 Å². The van der Waals surface area contributed by atoms with Crippen LogP contribution in [0.15, 0.2) is 39.3 Å². The molecule has 1 N–H and O–H groups in total. The number of benzene rings is 2. The van der Waals surface area contributed by atoms with Crippen molar-refractivity contribution in [2.75, 3.05) is 19.2 Å². The molecule has 0 saturated carbocycles. The molecule has 110 valence electrons. The fraction of sp³-hybridized carbons (Fsp3) is 0.200. The Balaban J connectivity index is 1.79. The SMILES string of the molecule is COc1ccc(Br)cc1NCc1cc(Br)c2c(c1)OCO2. The first-order valence-corrected chi connectivity index (χ1v) is 7.91. The Kier molecular flexibility index (Phi) is 4.26. The van der Waals surface area contributed by atoms with E-state index < -0.39 is 0 Å². The molecule has 3 rings (SSSR count). The van der Waals surface area contributed by atoms with Gasteiger partial charge in [-0.2, -0.15) is 0 Å². The van der Waals surface area contributed by atoms with Crippen LogP contribution in [0.1, 0.15) is 5.56 Å². The molecule has 2 aromatic rings. The Bertz CT molecular complexity index is 676. The van der Waals surface area contributed by atoms with Gasteiger partial charge < -0.3 is 19.5 Å². The molecule has 0 saturated heterocycles. The summed E-state index contributed by atoms with van der Waals surface area (Å²) in [5.74, 6) is 2.33. The zero-order valence-electron chi connectivity index (χ0n) is 11.3. The minimum absolute atomic E-state index is 0.268. The lowest BCUT2D eigenvalue weighted by atomic mass is 10.2. The van der Waals surface area contributed by atoms with Gasteiger partial charge in [0.2, 0.25) is 6.79 Å². The van der Waals surface area contributed by atoms with Crippen molar-refractivity contribution in [3.63, 3.8) is 0 Å². The summed E-state index contributed by atoms with van der Waals surface area (Å²) >= 11 is 6.96. The number of fused-ring (bicyclic) bond motifs is 1. The highest BCUT2D eigenvalue weighted by Crippen LogP contribution is 2.40. The van der Waals surface area contributed by atoms with Crippen molar-refractivity contribution in [2.24, 2.45) is 0 Å². The van der Waals surface area contributed by atoms with Gasteiger partial charge in [0.15, 0.2) is 11.5 Å². The van der Waals surface area contributed by atoms with Crippen LogP contribution in [0.4, 0.5) is 5.69 Å². The van der Waals surface area contributed by atoms with Crippen molar-refractivity contribution in [3.8, 4) is 17.2 Å². The van der Waals surface area contributed by atoms with E-state index in [1.54, 1.807) is 7.11 Å². The predicted octanol–water partition coefficient (Wildman–Crippen LogP) is 4.56. The van der Waals surface area contributed by atoms with E-state index in [0.29, 0.717) is 6.54 Å². The van der Waals surface area contributed by atoms with Gasteiger partial charge in [0.25, 0.3) is 0 Å². The first-order chi connectivity index (χ1) is 10.2.